The Morgan fingerprint density at radius 1 is 1.06 bits per heavy atom. The Balaban J connectivity index is 1.54. The molecule has 2 aromatic carbocycles. The van der Waals surface area contributed by atoms with Crippen LogP contribution in [0.4, 0.5) is 8.78 Å². The van der Waals surface area contributed by atoms with Gasteiger partial charge >= 0.3 is 0 Å². The minimum Gasteiger partial charge on any atom is -0.346 e. The van der Waals surface area contributed by atoms with Crippen LogP contribution in [0.1, 0.15) is 53.1 Å². The van der Waals surface area contributed by atoms with Crippen molar-refractivity contribution in [1.29, 1.82) is 0 Å². The first-order valence-corrected chi connectivity index (χ1v) is 10.4. The summed E-state index contributed by atoms with van der Waals surface area (Å²) in [4.78, 5) is 31.1. The normalized spacial score (nSPS) is 17.6. The Labute approximate surface area is 186 Å². The predicted octanol–water partition coefficient (Wildman–Crippen LogP) is 4.10. The average molecular weight is 435 g/mol. The third-order valence-electron chi connectivity index (χ3n) is 5.83. The number of hydrogen-bond acceptors (Lipinski definition) is 3. The summed E-state index contributed by atoms with van der Waals surface area (Å²) in [5.41, 5.74) is 1.09. The molecule has 0 bridgehead atoms. The summed E-state index contributed by atoms with van der Waals surface area (Å²) in [6.45, 7) is -0.780. The second kappa shape index (κ2) is 8.15. The molecule has 5 nitrogen and oxygen atoms in total. The number of fused-ring (bicyclic) bond motifs is 1. The van der Waals surface area contributed by atoms with Crippen LogP contribution in [0.5, 0.6) is 0 Å². The largest absolute Gasteiger partial charge is 0.346 e. The zero-order valence-electron chi connectivity index (χ0n) is 19.1. The molecule has 2 aliphatic rings. The van der Waals surface area contributed by atoms with Gasteiger partial charge in [0, 0.05) is 18.7 Å². The molecule has 2 amide bonds. The van der Waals surface area contributed by atoms with E-state index in [9.17, 15) is 18.4 Å². The molecular formula is C25H21F2N3O2. The maximum absolute atomic E-state index is 14.5. The molecule has 0 atom stereocenters. The van der Waals surface area contributed by atoms with Gasteiger partial charge in [-0.15, -0.1) is 0 Å². The van der Waals surface area contributed by atoms with Gasteiger partial charge in [-0.1, -0.05) is 18.2 Å². The Bertz CT molecular complexity index is 1290. The highest BCUT2D eigenvalue weighted by Gasteiger charge is 2.27. The summed E-state index contributed by atoms with van der Waals surface area (Å²) in [7, 11) is 0. The predicted molar refractivity (Wildman–Crippen MR) is 115 cm³/mol. The van der Waals surface area contributed by atoms with E-state index in [1.54, 1.807) is 24.3 Å². The Morgan fingerprint density at radius 3 is 2.44 bits per heavy atom. The van der Waals surface area contributed by atoms with Crippen molar-refractivity contribution in [1.82, 2.24) is 15.2 Å². The van der Waals surface area contributed by atoms with E-state index in [-0.39, 0.29) is 34.8 Å². The van der Waals surface area contributed by atoms with Crippen LogP contribution >= 0.6 is 0 Å². The molecule has 0 spiro atoms. The Hall–Kier alpha value is -3.61. The molecule has 32 heavy (non-hydrogen) atoms. The zero-order valence-corrected chi connectivity index (χ0v) is 17.1. The van der Waals surface area contributed by atoms with Crippen LogP contribution < -0.4 is 5.32 Å². The van der Waals surface area contributed by atoms with Crippen molar-refractivity contribution in [2.45, 2.75) is 25.8 Å². The first-order chi connectivity index (χ1) is 16.2. The van der Waals surface area contributed by atoms with Gasteiger partial charge in [-0.3, -0.25) is 9.59 Å². The number of aromatic nitrogens is 1. The standard InChI is InChI=1S/C25H21F2N3O2/c26-18-4-3-5-19(27)23(18)20-13-17(22-21(29-20)14-28-24(22)31)12-15-6-8-16(9-7-15)25(32)30-10-1-2-11-30/h3-9,13H,1-2,10-12,14H2,(H,28,31)/i14D2. The van der Waals surface area contributed by atoms with Crippen molar-refractivity contribution in [2.24, 2.45) is 0 Å². The number of pyridine rings is 1. The van der Waals surface area contributed by atoms with Crippen molar-refractivity contribution >= 4 is 11.8 Å². The van der Waals surface area contributed by atoms with E-state index in [0.29, 0.717) is 11.1 Å². The van der Waals surface area contributed by atoms with E-state index in [1.807, 2.05) is 4.90 Å². The van der Waals surface area contributed by atoms with Gasteiger partial charge in [0.2, 0.25) is 0 Å². The molecular weight excluding hydrogens is 412 g/mol. The van der Waals surface area contributed by atoms with Crippen molar-refractivity contribution < 1.29 is 21.1 Å². The number of nitrogens with one attached hydrogen (secondary N) is 1. The van der Waals surface area contributed by atoms with E-state index in [2.05, 4.69) is 10.3 Å². The molecule has 2 aliphatic heterocycles. The molecule has 1 fully saturated rings. The molecule has 7 heteroatoms. The molecule has 0 aliphatic carbocycles. The molecule has 1 N–H and O–H groups in total. The lowest BCUT2D eigenvalue weighted by Gasteiger charge is -2.15. The van der Waals surface area contributed by atoms with Crippen molar-refractivity contribution in [3.8, 4) is 11.3 Å². The van der Waals surface area contributed by atoms with Gasteiger partial charge in [-0.25, -0.2) is 13.8 Å². The second-order valence-electron chi connectivity index (χ2n) is 7.94. The number of benzene rings is 2. The number of amides is 2. The molecule has 0 radical (unpaired) electrons. The van der Waals surface area contributed by atoms with E-state index in [0.717, 1.165) is 43.6 Å². The van der Waals surface area contributed by atoms with E-state index >= 15 is 0 Å². The maximum Gasteiger partial charge on any atom is 0.253 e. The highest BCUT2D eigenvalue weighted by molar-refractivity contribution is 5.99. The van der Waals surface area contributed by atoms with Crippen LogP contribution in [0.3, 0.4) is 0 Å². The highest BCUT2D eigenvalue weighted by Crippen LogP contribution is 2.30. The molecule has 1 aromatic heterocycles. The summed E-state index contributed by atoms with van der Waals surface area (Å²) in [6.07, 6.45) is 2.19. The second-order valence-corrected chi connectivity index (χ2v) is 7.94. The molecule has 1 saturated heterocycles. The summed E-state index contributed by atoms with van der Waals surface area (Å²) >= 11 is 0. The van der Waals surface area contributed by atoms with Gasteiger partial charge in [0.25, 0.3) is 11.8 Å². The summed E-state index contributed by atoms with van der Waals surface area (Å²) in [6, 6.07) is 11.8. The van der Waals surface area contributed by atoms with Gasteiger partial charge in [0.1, 0.15) is 11.6 Å². The van der Waals surface area contributed by atoms with E-state index in [1.165, 1.54) is 12.1 Å². The number of carbonyl (C=O) groups excluding carboxylic acids is 2. The number of halogens is 2. The van der Waals surface area contributed by atoms with Crippen LogP contribution in [0.25, 0.3) is 11.3 Å². The van der Waals surface area contributed by atoms with Crippen LogP contribution in [-0.2, 0) is 12.9 Å². The lowest BCUT2D eigenvalue weighted by Crippen LogP contribution is -2.27. The molecule has 3 aromatic rings. The number of carbonyl (C=O) groups is 2. The number of rotatable bonds is 4. The molecule has 0 unspecified atom stereocenters. The maximum atomic E-state index is 14.5. The number of likely N-dealkylation sites (tertiary alicyclic amines) is 1. The summed E-state index contributed by atoms with van der Waals surface area (Å²) in [5.74, 6) is -2.33. The van der Waals surface area contributed by atoms with Crippen LogP contribution in [0, 0.1) is 11.6 Å². The van der Waals surface area contributed by atoms with Crippen LogP contribution in [0.15, 0.2) is 48.5 Å². The smallest absolute Gasteiger partial charge is 0.253 e. The first-order valence-electron chi connectivity index (χ1n) is 11.4. The fourth-order valence-electron chi connectivity index (χ4n) is 4.22. The first kappa shape index (κ1) is 18.0. The SMILES string of the molecule is [2H]C1([2H])NC(=O)c2c(Cc3ccc(C(=O)N4CCCC4)cc3)cc(-c3c(F)cccc3F)nc21. The number of nitrogens with zero attached hydrogens (tertiary/aromatic N) is 2. The third kappa shape index (κ3) is 3.64. The Morgan fingerprint density at radius 2 is 1.75 bits per heavy atom. The molecule has 162 valence electrons. The van der Waals surface area contributed by atoms with Crippen molar-refractivity contribution in [3.63, 3.8) is 0 Å². The van der Waals surface area contributed by atoms with E-state index < -0.39 is 24.0 Å². The highest BCUT2D eigenvalue weighted by atomic mass is 19.1. The topological polar surface area (TPSA) is 62.3 Å². The molecule has 5 rings (SSSR count). The van der Waals surface area contributed by atoms with Crippen LogP contribution in [-0.4, -0.2) is 34.8 Å². The lowest BCUT2D eigenvalue weighted by molar-refractivity contribution is 0.0792. The van der Waals surface area contributed by atoms with Gasteiger partial charge in [0.05, 0.1) is 31.8 Å². The van der Waals surface area contributed by atoms with Gasteiger partial charge in [-0.05, 0) is 60.7 Å². The summed E-state index contributed by atoms with van der Waals surface area (Å²) in [5, 5.41) is 2.24. The quantitative estimate of drug-likeness (QED) is 0.671. The number of hydrogen-bond donors (Lipinski definition) is 1. The van der Waals surface area contributed by atoms with Crippen molar-refractivity contribution in [2.75, 3.05) is 13.1 Å². The monoisotopic (exact) mass is 435 g/mol. The van der Waals surface area contributed by atoms with E-state index in [4.69, 9.17) is 2.74 Å². The van der Waals surface area contributed by atoms with Gasteiger partial charge < -0.3 is 10.2 Å². The summed E-state index contributed by atoms with van der Waals surface area (Å²) < 4.78 is 45.2. The van der Waals surface area contributed by atoms with Crippen LogP contribution in [0.2, 0.25) is 0 Å². The van der Waals surface area contributed by atoms with Gasteiger partial charge in [0.15, 0.2) is 0 Å². The molecule has 3 heterocycles. The van der Waals surface area contributed by atoms with Gasteiger partial charge in [-0.2, -0.15) is 0 Å². The minimum atomic E-state index is -2.27. The fourth-order valence-corrected chi connectivity index (χ4v) is 4.22. The Kier molecular flexibility index (Phi) is 4.58. The third-order valence-corrected chi connectivity index (χ3v) is 5.83. The molecule has 0 saturated carbocycles. The average Bonchev–Trinajstić information content (AvgIpc) is 3.40. The minimum absolute atomic E-state index is 0.0289. The lowest BCUT2D eigenvalue weighted by atomic mass is 9.96. The zero-order chi connectivity index (χ0) is 24.0. The van der Waals surface area contributed by atoms with Crippen molar-refractivity contribution in [3.05, 3.63) is 88.1 Å². The fraction of sp³-hybridized carbons (Fsp3) is 0.240.